The van der Waals surface area contributed by atoms with E-state index in [2.05, 4.69) is 13.8 Å². The number of carbonyl (C=O) groups excluding carboxylic acids is 1. The molecule has 0 fully saturated rings. The molecule has 1 heteroatoms. The Morgan fingerprint density at radius 3 is 2.00 bits per heavy atom. The molecular formula is C14H24O. The molecule has 0 radical (unpaired) electrons. The molecule has 1 unspecified atom stereocenters. The van der Waals surface area contributed by atoms with Crippen molar-refractivity contribution in [3.63, 3.8) is 0 Å². The van der Waals surface area contributed by atoms with Gasteiger partial charge in [-0.15, -0.1) is 0 Å². The molecule has 86 valence electrons. The Morgan fingerprint density at radius 1 is 1.20 bits per heavy atom. The number of benzene rings is 1. The number of hydrogen-bond donors (Lipinski definition) is 0. The smallest absolute Gasteiger partial charge is 0.159 e. The first-order chi connectivity index (χ1) is 6.15. The third-order valence-corrected chi connectivity index (χ3v) is 2.50. The van der Waals surface area contributed by atoms with Crippen LogP contribution in [0.25, 0.3) is 0 Å². The Hall–Kier alpha value is -1.11. The lowest BCUT2D eigenvalue weighted by molar-refractivity contribution is 0.101. The molecule has 15 heavy (non-hydrogen) atoms. The van der Waals surface area contributed by atoms with Crippen LogP contribution < -0.4 is 0 Å². The largest absolute Gasteiger partial charge is 0.295 e. The van der Waals surface area contributed by atoms with Crippen molar-refractivity contribution < 1.29 is 4.79 Å². The number of hydrogen-bond acceptors (Lipinski definition) is 1. The zero-order valence-electron chi connectivity index (χ0n) is 8.50. The molecular weight excluding hydrogens is 184 g/mol. The Balaban J connectivity index is 0. The molecule has 0 saturated carbocycles. The molecule has 0 spiro atoms. The summed E-state index contributed by atoms with van der Waals surface area (Å²) in [6, 6.07) is 7.91. The second kappa shape index (κ2) is 7.22. The Morgan fingerprint density at radius 2 is 1.67 bits per heavy atom. The van der Waals surface area contributed by atoms with Crippen molar-refractivity contribution in [2.24, 2.45) is 0 Å². The lowest BCUT2D eigenvalue weighted by atomic mass is 9.97. The molecule has 0 saturated heterocycles. The molecule has 0 amide bonds. The predicted octanol–water partition coefficient (Wildman–Crippen LogP) is 4.67. The zero-order valence-corrected chi connectivity index (χ0v) is 8.50. The normalized spacial score (nSPS) is 10.9. The highest BCUT2D eigenvalue weighted by Gasteiger charge is 2.03. The van der Waals surface area contributed by atoms with Gasteiger partial charge < -0.3 is 0 Å². The van der Waals surface area contributed by atoms with Crippen molar-refractivity contribution in [2.75, 3.05) is 0 Å². The highest BCUT2D eigenvalue weighted by Crippen LogP contribution is 2.18. The quantitative estimate of drug-likeness (QED) is 0.659. The van der Waals surface area contributed by atoms with Gasteiger partial charge in [0.25, 0.3) is 0 Å². The maximum Gasteiger partial charge on any atom is 0.159 e. The lowest BCUT2D eigenvalue weighted by Crippen LogP contribution is -1.94. The Bertz CT molecular complexity index is 285. The van der Waals surface area contributed by atoms with Crippen LogP contribution in [0.5, 0.6) is 0 Å². The van der Waals surface area contributed by atoms with Crippen LogP contribution in [0, 0.1) is 0 Å². The molecule has 1 nitrogen and oxygen atoms in total. The first kappa shape index (κ1) is 16.3. The van der Waals surface area contributed by atoms with Crippen molar-refractivity contribution >= 4 is 5.78 Å². The van der Waals surface area contributed by atoms with Gasteiger partial charge in [-0.2, -0.15) is 0 Å². The third-order valence-electron chi connectivity index (χ3n) is 2.50. The standard InChI is InChI=1S/C12H16O.2CH4/c1-4-9(2)11-5-7-12(8-6-11)10(3)13;;/h5-9H,4H2,1-3H3;2*1H4. The number of Topliss-reactive ketones (excluding diaryl/α,β-unsaturated/α-hetero) is 1. The van der Waals surface area contributed by atoms with Gasteiger partial charge in [-0.05, 0) is 24.8 Å². The molecule has 0 aliphatic heterocycles. The fourth-order valence-corrected chi connectivity index (χ4v) is 1.28. The highest BCUT2D eigenvalue weighted by molar-refractivity contribution is 5.94. The van der Waals surface area contributed by atoms with Gasteiger partial charge in [-0.25, -0.2) is 0 Å². The van der Waals surface area contributed by atoms with Gasteiger partial charge in [0.2, 0.25) is 0 Å². The summed E-state index contributed by atoms with van der Waals surface area (Å²) in [7, 11) is 0. The number of ketones is 1. The fraction of sp³-hybridized carbons (Fsp3) is 0.500. The van der Waals surface area contributed by atoms with E-state index in [1.165, 1.54) is 5.56 Å². The average Bonchev–Trinajstić information content (AvgIpc) is 2.17. The van der Waals surface area contributed by atoms with E-state index >= 15 is 0 Å². The van der Waals surface area contributed by atoms with E-state index in [4.69, 9.17) is 0 Å². The maximum absolute atomic E-state index is 11.0. The molecule has 0 aromatic heterocycles. The van der Waals surface area contributed by atoms with Crippen LogP contribution in [0.15, 0.2) is 24.3 Å². The summed E-state index contributed by atoms with van der Waals surface area (Å²) in [5, 5.41) is 0. The first-order valence-corrected chi connectivity index (χ1v) is 4.76. The van der Waals surface area contributed by atoms with Gasteiger partial charge in [-0.1, -0.05) is 53.0 Å². The van der Waals surface area contributed by atoms with Crippen LogP contribution in [0.2, 0.25) is 0 Å². The second-order valence-corrected chi connectivity index (χ2v) is 3.49. The molecule has 1 aromatic carbocycles. The van der Waals surface area contributed by atoms with Gasteiger partial charge in [0.05, 0.1) is 0 Å². The summed E-state index contributed by atoms with van der Waals surface area (Å²) in [5.74, 6) is 0.719. The van der Waals surface area contributed by atoms with Crippen LogP contribution in [0.4, 0.5) is 0 Å². The third kappa shape index (κ3) is 4.28. The summed E-state index contributed by atoms with van der Waals surface area (Å²) in [5.41, 5.74) is 2.11. The fourth-order valence-electron chi connectivity index (χ4n) is 1.28. The van der Waals surface area contributed by atoms with E-state index < -0.39 is 0 Å². The number of rotatable bonds is 3. The van der Waals surface area contributed by atoms with E-state index in [1.807, 2.05) is 24.3 Å². The predicted molar refractivity (Wildman–Crippen MR) is 68.6 cm³/mol. The first-order valence-electron chi connectivity index (χ1n) is 4.76. The Kier molecular flexibility index (Phi) is 7.85. The van der Waals surface area contributed by atoms with Gasteiger partial charge >= 0.3 is 0 Å². The van der Waals surface area contributed by atoms with E-state index in [0.29, 0.717) is 5.92 Å². The molecule has 0 heterocycles. The minimum Gasteiger partial charge on any atom is -0.295 e. The highest BCUT2D eigenvalue weighted by atomic mass is 16.1. The topological polar surface area (TPSA) is 17.1 Å². The van der Waals surface area contributed by atoms with Crippen LogP contribution >= 0.6 is 0 Å². The maximum atomic E-state index is 11.0. The van der Waals surface area contributed by atoms with Gasteiger partial charge in [0, 0.05) is 5.56 Å². The lowest BCUT2D eigenvalue weighted by Gasteiger charge is -2.08. The zero-order chi connectivity index (χ0) is 9.84. The average molecular weight is 208 g/mol. The monoisotopic (exact) mass is 208 g/mol. The van der Waals surface area contributed by atoms with Crippen molar-refractivity contribution in [3.8, 4) is 0 Å². The minimum absolute atomic E-state index is 0. The summed E-state index contributed by atoms with van der Waals surface area (Å²) < 4.78 is 0. The van der Waals surface area contributed by atoms with Crippen molar-refractivity contribution in [1.82, 2.24) is 0 Å². The molecule has 0 N–H and O–H groups in total. The summed E-state index contributed by atoms with van der Waals surface area (Å²) in [6.45, 7) is 5.96. The molecule has 1 atom stereocenters. The van der Waals surface area contributed by atoms with E-state index in [-0.39, 0.29) is 20.6 Å². The Labute approximate surface area is 94.5 Å². The second-order valence-electron chi connectivity index (χ2n) is 3.49. The van der Waals surface area contributed by atoms with Crippen LogP contribution in [0.1, 0.15) is 63.9 Å². The SMILES string of the molecule is C.C.CCC(C)c1ccc(C(C)=O)cc1. The summed E-state index contributed by atoms with van der Waals surface area (Å²) in [6.07, 6.45) is 1.14. The summed E-state index contributed by atoms with van der Waals surface area (Å²) in [4.78, 5) is 11.0. The molecule has 1 aromatic rings. The van der Waals surface area contributed by atoms with Gasteiger partial charge in [0.1, 0.15) is 0 Å². The molecule has 0 aliphatic carbocycles. The van der Waals surface area contributed by atoms with Crippen molar-refractivity contribution in [1.29, 1.82) is 0 Å². The van der Waals surface area contributed by atoms with Gasteiger partial charge in [-0.3, -0.25) is 4.79 Å². The van der Waals surface area contributed by atoms with E-state index in [0.717, 1.165) is 12.0 Å². The molecule has 0 bridgehead atoms. The van der Waals surface area contributed by atoms with Crippen LogP contribution in [-0.4, -0.2) is 5.78 Å². The van der Waals surface area contributed by atoms with Crippen molar-refractivity contribution in [2.45, 2.75) is 48.0 Å². The van der Waals surface area contributed by atoms with Crippen molar-refractivity contribution in [3.05, 3.63) is 35.4 Å². The number of carbonyl (C=O) groups is 1. The van der Waals surface area contributed by atoms with Gasteiger partial charge in [0.15, 0.2) is 5.78 Å². The minimum atomic E-state index is 0. The van der Waals surface area contributed by atoms with Crippen LogP contribution in [0.3, 0.4) is 0 Å². The van der Waals surface area contributed by atoms with E-state index in [1.54, 1.807) is 6.92 Å². The molecule has 1 rings (SSSR count). The molecule has 0 aliphatic rings. The van der Waals surface area contributed by atoms with E-state index in [9.17, 15) is 4.79 Å². The van der Waals surface area contributed by atoms with Crippen LogP contribution in [-0.2, 0) is 0 Å². The summed E-state index contributed by atoms with van der Waals surface area (Å²) >= 11 is 0.